The topological polar surface area (TPSA) is 55.9 Å². The van der Waals surface area contributed by atoms with E-state index in [1.165, 1.54) is 0 Å². The maximum Gasteiger partial charge on any atom is 0.0522 e. The number of nitrogens with zero attached hydrogens (tertiary/aromatic N) is 2. The van der Waals surface area contributed by atoms with Crippen LogP contribution in [0.5, 0.6) is 0 Å². The van der Waals surface area contributed by atoms with Crippen molar-refractivity contribution in [3.8, 4) is 0 Å². The summed E-state index contributed by atoms with van der Waals surface area (Å²) in [6, 6.07) is 6.04. The molecule has 0 aliphatic carbocycles. The minimum absolute atomic E-state index is 0.0345. The maximum atomic E-state index is 6.14. The Morgan fingerprint density at radius 1 is 1.50 bits per heavy atom. The van der Waals surface area contributed by atoms with Gasteiger partial charge in [0.05, 0.1) is 12.2 Å². The number of nitrogens with two attached hydrogens (primary N) is 1. The normalized spacial score (nSPS) is 12.7. The highest BCUT2D eigenvalue weighted by molar-refractivity contribution is 6.31. The third-order valence-corrected chi connectivity index (χ3v) is 3.40. The van der Waals surface area contributed by atoms with Crippen molar-refractivity contribution in [2.45, 2.75) is 19.4 Å². The van der Waals surface area contributed by atoms with Gasteiger partial charge < -0.3 is 0 Å². The van der Waals surface area contributed by atoms with Crippen LogP contribution in [0.15, 0.2) is 30.6 Å². The van der Waals surface area contributed by atoms with E-state index in [1.807, 2.05) is 44.6 Å². The van der Waals surface area contributed by atoms with Gasteiger partial charge in [-0.3, -0.25) is 16.0 Å². The molecule has 96 valence electrons. The first-order chi connectivity index (χ1) is 8.60. The zero-order valence-corrected chi connectivity index (χ0v) is 11.3. The molecule has 3 N–H and O–H groups in total. The van der Waals surface area contributed by atoms with Crippen LogP contribution in [0.1, 0.15) is 22.7 Å². The van der Waals surface area contributed by atoms with Crippen molar-refractivity contribution in [1.82, 2.24) is 15.2 Å². The molecule has 1 heterocycles. The second-order valence-electron chi connectivity index (χ2n) is 4.45. The fourth-order valence-corrected chi connectivity index (χ4v) is 2.10. The van der Waals surface area contributed by atoms with Crippen LogP contribution in [0.2, 0.25) is 5.02 Å². The summed E-state index contributed by atoms with van der Waals surface area (Å²) in [6.07, 6.45) is 4.62. The van der Waals surface area contributed by atoms with Crippen molar-refractivity contribution >= 4 is 11.6 Å². The van der Waals surface area contributed by atoms with Crippen LogP contribution in [0.25, 0.3) is 0 Å². The van der Waals surface area contributed by atoms with Crippen LogP contribution >= 0.6 is 11.6 Å². The predicted octanol–water partition coefficient (Wildman–Crippen LogP) is 2.13. The van der Waals surface area contributed by atoms with Crippen molar-refractivity contribution in [3.05, 3.63) is 52.3 Å². The lowest BCUT2D eigenvalue weighted by Gasteiger charge is -2.16. The van der Waals surface area contributed by atoms with Crippen LogP contribution in [0.4, 0.5) is 0 Å². The monoisotopic (exact) mass is 264 g/mol. The Labute approximate surface area is 112 Å². The zero-order chi connectivity index (χ0) is 13.1. The summed E-state index contributed by atoms with van der Waals surface area (Å²) in [7, 11) is 1.90. The first-order valence-corrected chi connectivity index (χ1v) is 6.17. The van der Waals surface area contributed by atoms with Crippen LogP contribution < -0.4 is 11.3 Å². The summed E-state index contributed by atoms with van der Waals surface area (Å²) in [4.78, 5) is 0. The van der Waals surface area contributed by atoms with Crippen molar-refractivity contribution in [3.63, 3.8) is 0 Å². The molecule has 0 aliphatic heterocycles. The molecule has 1 aromatic carbocycles. The first kappa shape index (κ1) is 13.1. The molecule has 1 aromatic heterocycles. The van der Waals surface area contributed by atoms with Gasteiger partial charge in [-0.15, -0.1) is 0 Å². The van der Waals surface area contributed by atoms with Gasteiger partial charge in [-0.05, 0) is 36.1 Å². The number of aromatic nitrogens is 2. The number of aryl methyl sites for hydroxylation is 2. The van der Waals surface area contributed by atoms with Crippen LogP contribution in [-0.4, -0.2) is 9.78 Å². The number of halogens is 1. The summed E-state index contributed by atoms with van der Waals surface area (Å²) in [6.45, 7) is 1.98. The number of benzene rings is 1. The third-order valence-electron chi connectivity index (χ3n) is 3.00. The van der Waals surface area contributed by atoms with Crippen molar-refractivity contribution < 1.29 is 0 Å². The Morgan fingerprint density at radius 3 is 2.83 bits per heavy atom. The molecule has 0 amide bonds. The Kier molecular flexibility index (Phi) is 4.01. The van der Waals surface area contributed by atoms with Gasteiger partial charge in [-0.2, -0.15) is 5.10 Å². The predicted molar refractivity (Wildman–Crippen MR) is 73.2 cm³/mol. The number of rotatable bonds is 4. The van der Waals surface area contributed by atoms with E-state index in [-0.39, 0.29) is 6.04 Å². The summed E-state index contributed by atoms with van der Waals surface area (Å²) < 4.78 is 1.78. The van der Waals surface area contributed by atoms with Crippen molar-refractivity contribution in [2.24, 2.45) is 12.9 Å². The second-order valence-corrected chi connectivity index (χ2v) is 4.86. The molecular weight excluding hydrogens is 248 g/mol. The fourth-order valence-electron chi connectivity index (χ4n) is 1.91. The molecule has 0 radical (unpaired) electrons. The van der Waals surface area contributed by atoms with E-state index in [2.05, 4.69) is 10.5 Å². The molecular formula is C13H17ClN4. The molecule has 2 rings (SSSR count). The van der Waals surface area contributed by atoms with Gasteiger partial charge >= 0.3 is 0 Å². The van der Waals surface area contributed by atoms with E-state index in [9.17, 15) is 0 Å². The number of hydrogen-bond donors (Lipinski definition) is 2. The van der Waals surface area contributed by atoms with Crippen LogP contribution in [0, 0.1) is 6.92 Å². The molecule has 0 bridgehead atoms. The molecule has 5 heteroatoms. The lowest BCUT2D eigenvalue weighted by atomic mass is 10.0. The summed E-state index contributed by atoms with van der Waals surface area (Å²) in [5, 5.41) is 4.91. The molecule has 4 nitrogen and oxygen atoms in total. The number of hydrazine groups is 1. The SMILES string of the molecule is Cc1ccc(C(Cc2cnn(C)c2)NN)cc1Cl. The molecule has 18 heavy (non-hydrogen) atoms. The van der Waals surface area contributed by atoms with E-state index in [4.69, 9.17) is 17.4 Å². The minimum atomic E-state index is 0.0345. The van der Waals surface area contributed by atoms with E-state index >= 15 is 0 Å². The highest BCUT2D eigenvalue weighted by Gasteiger charge is 2.12. The van der Waals surface area contributed by atoms with E-state index in [0.29, 0.717) is 0 Å². The third kappa shape index (κ3) is 2.90. The highest BCUT2D eigenvalue weighted by Crippen LogP contribution is 2.23. The summed E-state index contributed by atoms with van der Waals surface area (Å²) in [5.74, 6) is 5.63. The Hall–Kier alpha value is -1.36. The molecule has 1 atom stereocenters. The fraction of sp³-hybridized carbons (Fsp3) is 0.308. The largest absolute Gasteiger partial charge is 0.276 e. The average molecular weight is 265 g/mol. The number of nitrogens with one attached hydrogen (secondary N) is 1. The number of hydrogen-bond acceptors (Lipinski definition) is 3. The van der Waals surface area contributed by atoms with Gasteiger partial charge in [-0.25, -0.2) is 0 Å². The molecule has 0 fully saturated rings. The van der Waals surface area contributed by atoms with E-state index in [1.54, 1.807) is 4.68 Å². The summed E-state index contributed by atoms with van der Waals surface area (Å²) in [5.41, 5.74) is 6.11. The van der Waals surface area contributed by atoms with Gasteiger partial charge in [-0.1, -0.05) is 23.7 Å². The van der Waals surface area contributed by atoms with Gasteiger partial charge in [0.1, 0.15) is 0 Å². The molecule has 2 aromatic rings. The smallest absolute Gasteiger partial charge is 0.0522 e. The van der Waals surface area contributed by atoms with E-state index in [0.717, 1.165) is 28.1 Å². The Morgan fingerprint density at radius 2 is 2.28 bits per heavy atom. The second kappa shape index (κ2) is 5.52. The average Bonchev–Trinajstić information content (AvgIpc) is 2.75. The lowest BCUT2D eigenvalue weighted by molar-refractivity contribution is 0.551. The maximum absolute atomic E-state index is 6.14. The minimum Gasteiger partial charge on any atom is -0.276 e. The van der Waals surface area contributed by atoms with Gasteiger partial charge in [0.25, 0.3) is 0 Å². The standard InChI is InChI=1S/C13H17ClN4/c1-9-3-4-11(6-12(9)14)13(17-15)5-10-7-16-18(2)8-10/h3-4,6-8,13,17H,5,15H2,1-2H3. The molecule has 0 spiro atoms. The quantitative estimate of drug-likeness (QED) is 0.657. The van der Waals surface area contributed by atoms with Gasteiger partial charge in [0.15, 0.2) is 0 Å². The molecule has 1 unspecified atom stereocenters. The van der Waals surface area contributed by atoms with Crippen molar-refractivity contribution in [2.75, 3.05) is 0 Å². The van der Waals surface area contributed by atoms with Crippen molar-refractivity contribution in [1.29, 1.82) is 0 Å². The lowest BCUT2D eigenvalue weighted by Crippen LogP contribution is -2.29. The highest BCUT2D eigenvalue weighted by atomic mass is 35.5. The van der Waals surface area contributed by atoms with Gasteiger partial charge in [0, 0.05) is 18.3 Å². The Bertz CT molecular complexity index is 536. The zero-order valence-electron chi connectivity index (χ0n) is 10.5. The van der Waals surface area contributed by atoms with Gasteiger partial charge in [0.2, 0.25) is 0 Å². The molecule has 0 saturated heterocycles. The van der Waals surface area contributed by atoms with E-state index < -0.39 is 0 Å². The Balaban J connectivity index is 2.19. The van der Waals surface area contributed by atoms with Crippen LogP contribution in [0.3, 0.4) is 0 Å². The first-order valence-electron chi connectivity index (χ1n) is 5.80. The molecule has 0 saturated carbocycles. The van der Waals surface area contributed by atoms with Crippen LogP contribution in [-0.2, 0) is 13.5 Å². The molecule has 0 aliphatic rings. The summed E-state index contributed by atoms with van der Waals surface area (Å²) >= 11 is 6.14.